The summed E-state index contributed by atoms with van der Waals surface area (Å²) in [4.78, 5) is 13.5. The van der Waals surface area contributed by atoms with Crippen LogP contribution in [-0.2, 0) is 0 Å². The number of benzene rings is 2. The van der Waals surface area contributed by atoms with Crippen molar-refractivity contribution in [2.24, 2.45) is 0 Å². The van der Waals surface area contributed by atoms with E-state index in [1.807, 2.05) is 19.9 Å². The molecule has 1 aliphatic carbocycles. The predicted octanol–water partition coefficient (Wildman–Crippen LogP) is 8.90. The molecule has 2 aliphatic rings. The van der Waals surface area contributed by atoms with Gasteiger partial charge in [-0.05, 0) is 81.7 Å². The fourth-order valence-electron chi connectivity index (χ4n) is 3.86. The molecule has 0 radical (unpaired) electrons. The summed E-state index contributed by atoms with van der Waals surface area (Å²) in [6, 6.07) is 4.06. The van der Waals surface area contributed by atoms with E-state index in [0.29, 0.717) is 22.6 Å². The first-order valence-electron chi connectivity index (χ1n) is 12.6. The Kier molecular flexibility index (Phi) is 6.70. The van der Waals surface area contributed by atoms with Gasteiger partial charge in [0.05, 0.1) is 5.56 Å². The van der Waals surface area contributed by atoms with Gasteiger partial charge in [-0.25, -0.2) is 0 Å². The Bertz CT molecular complexity index is 1320. The number of fused-ring (bicyclic) bond motifs is 2. The van der Waals surface area contributed by atoms with Gasteiger partial charge in [0.15, 0.2) is 5.43 Å². The summed E-state index contributed by atoms with van der Waals surface area (Å²) in [6.07, 6.45) is 0. The minimum Gasteiger partial charge on any atom is -0.543 e. The van der Waals surface area contributed by atoms with Crippen molar-refractivity contribution < 1.29 is 13.3 Å². The SMILES string of the molecule is Cc1cc2cc3c(=O)c(C)c(O[Si](C)(C)C(C)(C)C)c(C)c-3oc2c(C)c1O[Si](C)(C)C(C)(C)C. The maximum absolute atomic E-state index is 13.5. The lowest BCUT2D eigenvalue weighted by atomic mass is 9.97. The summed E-state index contributed by atoms with van der Waals surface area (Å²) in [6.45, 7) is 30.3. The molecule has 1 heterocycles. The van der Waals surface area contributed by atoms with E-state index < -0.39 is 16.6 Å². The van der Waals surface area contributed by atoms with Crippen LogP contribution >= 0.6 is 0 Å². The fourth-order valence-corrected chi connectivity index (χ4v) is 6.12. The first kappa shape index (κ1) is 27.5. The highest BCUT2D eigenvalue weighted by atomic mass is 28.4. The summed E-state index contributed by atoms with van der Waals surface area (Å²) in [7, 11) is -4.18. The van der Waals surface area contributed by atoms with Crippen molar-refractivity contribution in [3.05, 3.63) is 44.6 Å². The third kappa shape index (κ3) is 4.71. The predicted molar refractivity (Wildman–Crippen MR) is 154 cm³/mol. The lowest BCUT2D eigenvalue weighted by Gasteiger charge is -2.37. The van der Waals surface area contributed by atoms with Gasteiger partial charge >= 0.3 is 0 Å². The Balaban J connectivity index is 2.30. The molecule has 0 bridgehead atoms. The highest BCUT2D eigenvalue weighted by Gasteiger charge is 2.41. The Morgan fingerprint density at radius 3 is 1.69 bits per heavy atom. The van der Waals surface area contributed by atoms with Crippen LogP contribution in [0.3, 0.4) is 0 Å². The molecule has 35 heavy (non-hydrogen) atoms. The second-order valence-electron chi connectivity index (χ2n) is 13.2. The standard InChI is InChI=1S/C29H44O4Si2/c1-17-15-21-16-22-23(30)18(2)25(33-35(13,14)29(8,9)10)20(4)27(22)31-26(21)19(3)24(17)32-34(11,12)28(5,6)7/h15-16H,1-14H3. The van der Waals surface area contributed by atoms with Gasteiger partial charge in [0.25, 0.3) is 16.6 Å². The van der Waals surface area contributed by atoms with Crippen LogP contribution in [0.1, 0.15) is 63.8 Å². The molecular formula is C29H44O4Si2. The van der Waals surface area contributed by atoms with Crippen molar-refractivity contribution in [2.75, 3.05) is 0 Å². The Hall–Kier alpha value is -2.06. The quantitative estimate of drug-likeness (QED) is 0.259. The Labute approximate surface area is 213 Å². The van der Waals surface area contributed by atoms with Crippen molar-refractivity contribution in [3.63, 3.8) is 0 Å². The molecule has 0 saturated heterocycles. The molecule has 4 nitrogen and oxygen atoms in total. The van der Waals surface area contributed by atoms with Gasteiger partial charge in [-0.2, -0.15) is 0 Å². The van der Waals surface area contributed by atoms with E-state index in [1.54, 1.807) is 0 Å². The van der Waals surface area contributed by atoms with Crippen LogP contribution in [0.5, 0.6) is 11.5 Å². The maximum atomic E-state index is 13.5. The molecule has 0 amide bonds. The minimum atomic E-state index is -2.14. The molecule has 0 aromatic heterocycles. The van der Waals surface area contributed by atoms with E-state index in [2.05, 4.69) is 87.6 Å². The highest BCUT2D eigenvalue weighted by Crippen LogP contribution is 2.44. The van der Waals surface area contributed by atoms with Crippen molar-refractivity contribution in [2.45, 2.75) is 106 Å². The van der Waals surface area contributed by atoms with Gasteiger partial charge in [0.1, 0.15) is 22.8 Å². The van der Waals surface area contributed by atoms with Crippen LogP contribution in [0.25, 0.3) is 22.3 Å². The Morgan fingerprint density at radius 1 is 0.714 bits per heavy atom. The van der Waals surface area contributed by atoms with E-state index in [0.717, 1.165) is 33.4 Å². The van der Waals surface area contributed by atoms with Crippen LogP contribution in [0.4, 0.5) is 0 Å². The van der Waals surface area contributed by atoms with Gasteiger partial charge in [0.2, 0.25) is 0 Å². The molecule has 1 aromatic carbocycles. The second-order valence-corrected chi connectivity index (χ2v) is 22.6. The summed E-state index contributed by atoms with van der Waals surface area (Å²) >= 11 is 0. The van der Waals surface area contributed by atoms with Crippen molar-refractivity contribution in [3.8, 4) is 22.8 Å². The smallest absolute Gasteiger partial charge is 0.250 e. The molecule has 6 heteroatoms. The summed E-state index contributed by atoms with van der Waals surface area (Å²) < 4.78 is 20.0. The van der Waals surface area contributed by atoms with Crippen molar-refractivity contribution in [1.29, 1.82) is 0 Å². The zero-order valence-electron chi connectivity index (χ0n) is 24.3. The molecule has 0 atom stereocenters. The second kappa shape index (κ2) is 8.51. The van der Waals surface area contributed by atoms with E-state index in [1.165, 1.54) is 0 Å². The van der Waals surface area contributed by atoms with Gasteiger partial charge < -0.3 is 13.3 Å². The molecule has 1 aliphatic heterocycles. The van der Waals surface area contributed by atoms with E-state index in [4.69, 9.17) is 13.3 Å². The summed E-state index contributed by atoms with van der Waals surface area (Å²) in [5, 5.41) is 1.03. The lowest BCUT2D eigenvalue weighted by Crippen LogP contribution is -2.44. The lowest BCUT2D eigenvalue weighted by molar-refractivity contribution is 0.481. The van der Waals surface area contributed by atoms with Gasteiger partial charge in [-0.3, -0.25) is 4.79 Å². The maximum Gasteiger partial charge on any atom is 0.250 e. The molecule has 1 aromatic rings. The van der Waals surface area contributed by atoms with Gasteiger partial charge in [0, 0.05) is 22.1 Å². The largest absolute Gasteiger partial charge is 0.543 e. The minimum absolute atomic E-state index is 0.0223. The van der Waals surface area contributed by atoms with Gasteiger partial charge in [-0.15, -0.1) is 0 Å². The monoisotopic (exact) mass is 512 g/mol. The number of rotatable bonds is 4. The summed E-state index contributed by atoms with van der Waals surface area (Å²) in [5.74, 6) is 2.18. The topological polar surface area (TPSA) is 48.7 Å². The summed E-state index contributed by atoms with van der Waals surface area (Å²) in [5.41, 5.74) is 4.92. The average Bonchev–Trinajstić information content (AvgIpc) is 2.70. The molecular weight excluding hydrogens is 468 g/mol. The zero-order valence-corrected chi connectivity index (χ0v) is 26.3. The molecule has 0 N–H and O–H groups in total. The molecule has 0 saturated carbocycles. The average molecular weight is 513 g/mol. The third-order valence-corrected chi connectivity index (χ3v) is 17.0. The molecule has 0 spiro atoms. The Morgan fingerprint density at radius 2 is 1.20 bits per heavy atom. The van der Waals surface area contributed by atoms with Crippen molar-refractivity contribution in [1.82, 2.24) is 0 Å². The number of aryl methyl sites for hydroxylation is 2. The first-order chi connectivity index (χ1) is 15.7. The number of hydrogen-bond donors (Lipinski definition) is 0. The van der Waals surface area contributed by atoms with Crippen LogP contribution in [0.2, 0.25) is 36.3 Å². The molecule has 3 rings (SSSR count). The number of hydrogen-bond acceptors (Lipinski definition) is 4. The van der Waals surface area contributed by atoms with E-state index >= 15 is 0 Å². The molecule has 0 fully saturated rings. The van der Waals surface area contributed by atoms with Crippen LogP contribution in [0.15, 0.2) is 21.3 Å². The third-order valence-electron chi connectivity index (χ3n) is 8.36. The van der Waals surface area contributed by atoms with Crippen LogP contribution in [-0.4, -0.2) is 16.6 Å². The zero-order chi connectivity index (χ0) is 26.9. The van der Waals surface area contributed by atoms with Gasteiger partial charge in [-0.1, -0.05) is 41.5 Å². The highest BCUT2D eigenvalue weighted by molar-refractivity contribution is 6.75. The van der Waals surface area contributed by atoms with Crippen LogP contribution < -0.4 is 14.3 Å². The fraction of sp³-hybridized carbons (Fsp3) is 0.552. The normalized spacial score (nSPS) is 13.5. The van der Waals surface area contributed by atoms with E-state index in [-0.39, 0.29) is 15.5 Å². The first-order valence-corrected chi connectivity index (χ1v) is 18.4. The molecule has 192 valence electrons. The van der Waals surface area contributed by atoms with E-state index in [9.17, 15) is 4.79 Å². The van der Waals surface area contributed by atoms with Crippen LogP contribution in [0, 0.1) is 27.7 Å². The molecule has 0 unspecified atom stereocenters. The van der Waals surface area contributed by atoms with Crippen molar-refractivity contribution >= 4 is 27.6 Å².